The molecule has 0 fully saturated rings. The number of thiophene rings is 1. The number of aryl methyl sites for hydroxylation is 1. The van der Waals surface area contributed by atoms with E-state index in [2.05, 4.69) is 14.9 Å². The Kier molecular flexibility index (Phi) is 4.19. The Bertz CT molecular complexity index is 872. The first-order valence-electron chi connectivity index (χ1n) is 6.23. The van der Waals surface area contributed by atoms with Gasteiger partial charge in [0.05, 0.1) is 5.69 Å². The van der Waals surface area contributed by atoms with Crippen molar-refractivity contribution in [1.29, 1.82) is 0 Å². The van der Waals surface area contributed by atoms with Gasteiger partial charge in [-0.1, -0.05) is 18.2 Å². The number of anilines is 1. The number of rotatable bonds is 5. The van der Waals surface area contributed by atoms with Gasteiger partial charge in [-0.05, 0) is 35.3 Å². The van der Waals surface area contributed by atoms with Gasteiger partial charge in [-0.3, -0.25) is 4.72 Å². The molecule has 22 heavy (non-hydrogen) atoms. The Balaban J connectivity index is 1.90. The molecule has 2 heterocycles. The summed E-state index contributed by atoms with van der Waals surface area (Å²) in [5, 5.41) is 10.2. The number of hydrogen-bond acceptors (Lipinski definition) is 6. The molecule has 9 heteroatoms. The second-order valence-corrected chi connectivity index (χ2v) is 8.23. The summed E-state index contributed by atoms with van der Waals surface area (Å²) in [5.74, 6) is 0. The van der Waals surface area contributed by atoms with Crippen LogP contribution in [0.1, 0.15) is 0 Å². The van der Waals surface area contributed by atoms with Crippen LogP contribution in [0.2, 0.25) is 0 Å². The van der Waals surface area contributed by atoms with Crippen LogP contribution in [-0.2, 0) is 17.1 Å². The van der Waals surface area contributed by atoms with Crippen molar-refractivity contribution in [3.63, 3.8) is 0 Å². The summed E-state index contributed by atoms with van der Waals surface area (Å²) in [6.45, 7) is 0. The molecule has 1 aromatic carbocycles. The zero-order valence-corrected chi connectivity index (χ0v) is 14.0. The van der Waals surface area contributed by atoms with Gasteiger partial charge in [0.2, 0.25) is 0 Å². The Hall–Kier alpha value is -1.84. The van der Waals surface area contributed by atoms with Crippen LogP contribution in [0.4, 0.5) is 5.69 Å². The van der Waals surface area contributed by atoms with Crippen LogP contribution in [0.25, 0.3) is 0 Å². The third-order valence-electron chi connectivity index (χ3n) is 2.76. The first-order chi connectivity index (χ1) is 10.6. The molecule has 0 amide bonds. The van der Waals surface area contributed by atoms with Crippen LogP contribution < -0.4 is 4.72 Å². The molecule has 0 unspecified atom stereocenters. The van der Waals surface area contributed by atoms with E-state index in [0.29, 0.717) is 10.8 Å². The topological polar surface area (TPSA) is 76.9 Å². The van der Waals surface area contributed by atoms with Gasteiger partial charge in [0, 0.05) is 11.9 Å². The molecule has 0 aliphatic carbocycles. The highest BCUT2D eigenvalue weighted by atomic mass is 32.2. The van der Waals surface area contributed by atoms with E-state index < -0.39 is 10.0 Å². The highest BCUT2D eigenvalue weighted by Gasteiger charge is 2.17. The fourth-order valence-corrected chi connectivity index (χ4v) is 4.70. The summed E-state index contributed by atoms with van der Waals surface area (Å²) >= 11 is 2.53. The lowest BCUT2D eigenvalue weighted by Gasteiger charge is -2.10. The lowest BCUT2D eigenvalue weighted by molar-refractivity contribution is 0.603. The van der Waals surface area contributed by atoms with Gasteiger partial charge in [0.1, 0.15) is 10.5 Å². The molecule has 0 atom stereocenters. The van der Waals surface area contributed by atoms with Crippen LogP contribution in [0, 0.1) is 0 Å². The molecule has 2 aromatic heterocycles. The average Bonchev–Trinajstić information content (AvgIpc) is 3.13. The predicted molar refractivity (Wildman–Crippen MR) is 86.7 cm³/mol. The minimum Gasteiger partial charge on any atom is -0.311 e. The van der Waals surface area contributed by atoms with Crippen molar-refractivity contribution in [2.75, 3.05) is 4.72 Å². The fraction of sp³-hybridized carbons (Fsp3) is 0.0769. The molecule has 0 saturated heterocycles. The molecular formula is C13H12N4O2S3. The van der Waals surface area contributed by atoms with Crippen molar-refractivity contribution in [2.24, 2.45) is 7.05 Å². The predicted octanol–water partition coefficient (Wildman–Crippen LogP) is 2.83. The first-order valence-corrected chi connectivity index (χ1v) is 9.41. The van der Waals surface area contributed by atoms with Gasteiger partial charge in [-0.15, -0.1) is 21.5 Å². The summed E-state index contributed by atoms with van der Waals surface area (Å²) in [4.78, 5) is 0.763. The Morgan fingerprint density at radius 3 is 2.73 bits per heavy atom. The highest BCUT2D eigenvalue weighted by Crippen LogP contribution is 2.33. The second kappa shape index (κ2) is 6.11. The molecule has 0 spiro atoms. The van der Waals surface area contributed by atoms with Crippen LogP contribution >= 0.6 is 23.1 Å². The first kappa shape index (κ1) is 15.1. The molecule has 0 saturated carbocycles. The monoisotopic (exact) mass is 352 g/mol. The molecule has 3 aromatic rings. The standard InChI is InChI=1S/C13H12N4O2S3/c1-17-9-14-15-13(17)21-11-6-3-2-5-10(11)16-22(18,19)12-7-4-8-20-12/h2-9,16H,1H3. The van der Waals surface area contributed by atoms with Gasteiger partial charge in [0.15, 0.2) is 5.16 Å². The number of aromatic nitrogens is 3. The average molecular weight is 352 g/mol. The normalized spacial score (nSPS) is 11.5. The van der Waals surface area contributed by atoms with Crippen LogP contribution in [-0.4, -0.2) is 23.2 Å². The minimum atomic E-state index is -3.57. The Morgan fingerprint density at radius 2 is 2.05 bits per heavy atom. The smallest absolute Gasteiger partial charge is 0.271 e. The molecule has 0 aliphatic rings. The number of nitrogens with zero attached hydrogens (tertiary/aromatic N) is 3. The summed E-state index contributed by atoms with van der Waals surface area (Å²) < 4.78 is 29.4. The molecule has 0 aliphatic heterocycles. The van der Waals surface area contributed by atoms with E-state index >= 15 is 0 Å². The van der Waals surface area contributed by atoms with Gasteiger partial charge >= 0.3 is 0 Å². The summed E-state index contributed by atoms with van der Waals surface area (Å²) in [6.07, 6.45) is 1.60. The van der Waals surface area contributed by atoms with E-state index in [1.165, 1.54) is 23.1 Å². The number of para-hydroxylation sites is 1. The Labute approximate surface area is 136 Å². The minimum absolute atomic E-state index is 0.283. The molecule has 1 N–H and O–H groups in total. The van der Waals surface area contributed by atoms with Gasteiger partial charge in [-0.25, -0.2) is 8.42 Å². The fourth-order valence-electron chi connectivity index (χ4n) is 1.71. The maximum Gasteiger partial charge on any atom is 0.271 e. The number of hydrogen-bond donors (Lipinski definition) is 1. The second-order valence-electron chi connectivity index (χ2n) is 4.36. The van der Waals surface area contributed by atoms with Crippen molar-refractivity contribution < 1.29 is 8.42 Å². The van der Waals surface area contributed by atoms with E-state index in [9.17, 15) is 8.42 Å². The van der Waals surface area contributed by atoms with Gasteiger partial charge < -0.3 is 4.57 Å². The van der Waals surface area contributed by atoms with Crippen molar-refractivity contribution in [2.45, 2.75) is 14.3 Å². The van der Waals surface area contributed by atoms with Gasteiger partial charge in [0.25, 0.3) is 10.0 Å². The van der Waals surface area contributed by atoms with Crippen molar-refractivity contribution in [3.8, 4) is 0 Å². The highest BCUT2D eigenvalue weighted by molar-refractivity contribution is 7.99. The maximum atomic E-state index is 12.3. The SMILES string of the molecule is Cn1cnnc1Sc1ccccc1NS(=O)(=O)c1cccs1. The lowest BCUT2D eigenvalue weighted by atomic mass is 10.3. The largest absolute Gasteiger partial charge is 0.311 e. The number of sulfonamides is 1. The zero-order chi connectivity index (χ0) is 15.6. The lowest BCUT2D eigenvalue weighted by Crippen LogP contribution is -2.12. The zero-order valence-electron chi connectivity index (χ0n) is 11.5. The summed E-state index contributed by atoms with van der Waals surface area (Å²) in [6, 6.07) is 10.5. The molecule has 114 valence electrons. The van der Waals surface area contributed by atoms with E-state index in [-0.39, 0.29) is 4.21 Å². The molecule has 3 rings (SSSR count). The maximum absolute atomic E-state index is 12.3. The molecular weight excluding hydrogens is 340 g/mol. The van der Waals surface area contributed by atoms with Crippen molar-refractivity contribution in [1.82, 2.24) is 14.8 Å². The summed E-state index contributed by atoms with van der Waals surface area (Å²) in [7, 11) is -1.74. The van der Waals surface area contributed by atoms with E-state index in [0.717, 1.165) is 4.90 Å². The molecule has 0 radical (unpaired) electrons. The molecule has 0 bridgehead atoms. The van der Waals surface area contributed by atoms with Crippen LogP contribution in [0.5, 0.6) is 0 Å². The van der Waals surface area contributed by atoms with E-state index in [4.69, 9.17) is 0 Å². The third kappa shape index (κ3) is 3.16. The van der Waals surface area contributed by atoms with Crippen molar-refractivity contribution in [3.05, 3.63) is 48.1 Å². The van der Waals surface area contributed by atoms with E-state index in [1.807, 2.05) is 19.2 Å². The number of benzene rings is 1. The number of nitrogens with one attached hydrogen (secondary N) is 1. The van der Waals surface area contributed by atoms with Crippen molar-refractivity contribution >= 4 is 38.8 Å². The van der Waals surface area contributed by atoms with E-state index in [1.54, 1.807) is 40.5 Å². The van der Waals surface area contributed by atoms with Crippen LogP contribution in [0.3, 0.4) is 0 Å². The summed E-state index contributed by atoms with van der Waals surface area (Å²) in [5.41, 5.74) is 0.518. The van der Waals surface area contributed by atoms with Gasteiger partial charge in [-0.2, -0.15) is 0 Å². The van der Waals surface area contributed by atoms with Crippen LogP contribution in [0.15, 0.2) is 62.4 Å². The molecule has 6 nitrogen and oxygen atoms in total. The quantitative estimate of drug-likeness (QED) is 0.764. The third-order valence-corrected chi connectivity index (χ3v) is 6.65. The Morgan fingerprint density at radius 1 is 1.23 bits per heavy atom.